The first-order valence-corrected chi connectivity index (χ1v) is 23.5. The van der Waals surface area contributed by atoms with Gasteiger partial charge >= 0.3 is 0 Å². The summed E-state index contributed by atoms with van der Waals surface area (Å²) in [5, 5.41) is 14.4. The second-order valence-electron chi connectivity index (χ2n) is 16.4. The quantitative estimate of drug-likeness (QED) is 0.0251. The molecule has 0 aliphatic heterocycles. The number of halogens is 2. The summed E-state index contributed by atoms with van der Waals surface area (Å²) in [6.45, 7) is 8.86. The van der Waals surface area contributed by atoms with Crippen molar-refractivity contribution in [2.45, 2.75) is 147 Å². The lowest BCUT2D eigenvalue weighted by molar-refractivity contribution is -0.139. The first-order chi connectivity index (χ1) is 28.9. The Morgan fingerprint density at radius 2 is 1.36 bits per heavy atom. The molecule has 0 aliphatic carbocycles. The summed E-state index contributed by atoms with van der Waals surface area (Å²) in [6.07, 6.45) is 15.1. The van der Waals surface area contributed by atoms with Crippen LogP contribution in [0.5, 0.6) is 11.5 Å². The number of hydrogen-bond acceptors (Lipinski definition) is 9. The van der Waals surface area contributed by atoms with E-state index in [9.17, 15) is 27.4 Å². The molecule has 1 heterocycles. The van der Waals surface area contributed by atoms with Crippen LogP contribution in [0.15, 0.2) is 59.5 Å². The number of carbonyl (C=O) groups is 3. The molecule has 16 heteroatoms. The zero-order valence-electron chi connectivity index (χ0n) is 36.2. The molecule has 0 saturated carbocycles. The van der Waals surface area contributed by atoms with Crippen LogP contribution in [0.2, 0.25) is 5.02 Å². The third-order valence-electron chi connectivity index (χ3n) is 10.4. The van der Waals surface area contributed by atoms with Gasteiger partial charge < -0.3 is 20.1 Å². The number of rotatable bonds is 25. The number of carbonyl (C=O) groups excluding carboxylic acids is 3. The number of ketones is 1. The second kappa shape index (κ2) is 22.7. The number of methoxy groups -OCH3 is 1. The largest absolute Gasteiger partial charge is 0.495 e. The van der Waals surface area contributed by atoms with Crippen molar-refractivity contribution in [3.63, 3.8) is 0 Å². The summed E-state index contributed by atoms with van der Waals surface area (Å²) in [5.41, 5.74) is 0.412. The standard InChI is InChI=1S/C45H61Cl2N5O8S/c1-7-9-10-11-12-13-14-15-16-17-18-19-20-22-31-27-34(25-26-40(31)61(56,57)58)60-38(8-2)41(53)48-32-23-21-24-33(28-32)49-43(55)45(47,42(54)44(3,4)5)52-50-36-29-35(46)39(59-6)30-37(36)51-52/h21,23-30,38H,7-20,22H2,1-6H3,(H,48,53)(H,49,55)(H,56,57,58). The maximum Gasteiger partial charge on any atom is 0.294 e. The number of Topliss-reactive ketones (excluding diaryl/α,β-unsaturated/α-hetero) is 1. The predicted octanol–water partition coefficient (Wildman–Crippen LogP) is 10.9. The number of alkyl halides is 1. The van der Waals surface area contributed by atoms with Crippen molar-refractivity contribution >= 4 is 73.3 Å². The van der Waals surface area contributed by atoms with Crippen LogP contribution in [-0.4, -0.2) is 58.8 Å². The summed E-state index contributed by atoms with van der Waals surface area (Å²) >= 11 is 13.2. The van der Waals surface area contributed by atoms with Gasteiger partial charge in [-0.25, -0.2) is 0 Å². The minimum Gasteiger partial charge on any atom is -0.495 e. The third-order valence-corrected chi connectivity index (χ3v) is 12.1. The van der Waals surface area contributed by atoms with Crippen LogP contribution >= 0.6 is 23.2 Å². The Balaban J connectivity index is 1.40. The molecule has 2 atom stereocenters. The van der Waals surface area contributed by atoms with Gasteiger partial charge in [0, 0.05) is 22.9 Å². The van der Waals surface area contributed by atoms with Gasteiger partial charge in [0.15, 0.2) is 11.9 Å². The Hall–Kier alpha value is -4.24. The molecule has 334 valence electrons. The van der Waals surface area contributed by atoms with E-state index >= 15 is 0 Å². The summed E-state index contributed by atoms with van der Waals surface area (Å²) in [4.78, 5) is 39.6. The molecule has 1 aromatic heterocycles. The average Bonchev–Trinajstić information content (AvgIpc) is 3.63. The highest BCUT2D eigenvalue weighted by Crippen LogP contribution is 2.36. The molecular formula is C45H61Cl2N5O8S. The van der Waals surface area contributed by atoms with Crippen LogP contribution in [0.1, 0.15) is 130 Å². The van der Waals surface area contributed by atoms with E-state index < -0.39 is 44.2 Å². The van der Waals surface area contributed by atoms with E-state index in [4.69, 9.17) is 32.7 Å². The normalized spacial score (nSPS) is 13.4. The molecule has 2 unspecified atom stereocenters. The Kier molecular flexibility index (Phi) is 18.4. The number of hydrogen-bond donors (Lipinski definition) is 3. The lowest BCUT2D eigenvalue weighted by Gasteiger charge is -2.30. The Morgan fingerprint density at radius 1 is 0.803 bits per heavy atom. The Labute approximate surface area is 370 Å². The summed E-state index contributed by atoms with van der Waals surface area (Å²) in [7, 11) is -3.04. The zero-order chi connectivity index (χ0) is 44.8. The van der Waals surface area contributed by atoms with E-state index in [1.54, 1.807) is 52.0 Å². The number of unbranched alkanes of at least 4 members (excludes halogenated alkanes) is 12. The van der Waals surface area contributed by atoms with Crippen molar-refractivity contribution in [3.05, 3.63) is 65.2 Å². The summed E-state index contributed by atoms with van der Waals surface area (Å²) in [6, 6.07) is 13.6. The minimum absolute atomic E-state index is 0.179. The molecule has 2 amide bonds. The van der Waals surface area contributed by atoms with Crippen LogP contribution in [0.4, 0.5) is 11.4 Å². The van der Waals surface area contributed by atoms with E-state index in [1.165, 1.54) is 95.2 Å². The number of anilines is 2. The molecule has 3 aromatic carbocycles. The highest BCUT2D eigenvalue weighted by Gasteiger charge is 2.52. The zero-order valence-corrected chi connectivity index (χ0v) is 38.5. The molecule has 4 aromatic rings. The van der Waals surface area contributed by atoms with Gasteiger partial charge in [-0.1, -0.05) is 141 Å². The van der Waals surface area contributed by atoms with Crippen LogP contribution in [0.3, 0.4) is 0 Å². The van der Waals surface area contributed by atoms with Gasteiger partial charge in [-0.3, -0.25) is 18.9 Å². The van der Waals surface area contributed by atoms with Gasteiger partial charge in [0.25, 0.3) is 26.9 Å². The number of nitrogens with one attached hydrogen (secondary N) is 2. The van der Waals surface area contributed by atoms with Crippen LogP contribution in [0, 0.1) is 5.41 Å². The van der Waals surface area contributed by atoms with Crippen molar-refractivity contribution in [1.29, 1.82) is 0 Å². The van der Waals surface area contributed by atoms with Crippen LogP contribution in [0.25, 0.3) is 11.0 Å². The van der Waals surface area contributed by atoms with Crippen molar-refractivity contribution in [3.8, 4) is 11.5 Å². The molecule has 61 heavy (non-hydrogen) atoms. The van der Waals surface area contributed by atoms with Crippen molar-refractivity contribution in [2.75, 3.05) is 17.7 Å². The number of aromatic nitrogens is 3. The van der Waals surface area contributed by atoms with Gasteiger partial charge in [0.05, 0.1) is 17.0 Å². The predicted molar refractivity (Wildman–Crippen MR) is 241 cm³/mol. The number of nitrogens with zero attached hydrogens (tertiary/aromatic N) is 3. The second-order valence-corrected chi connectivity index (χ2v) is 18.8. The molecular weight excluding hydrogens is 841 g/mol. The number of amides is 2. The van der Waals surface area contributed by atoms with E-state index in [-0.39, 0.29) is 33.3 Å². The molecule has 3 N–H and O–H groups in total. The maximum atomic E-state index is 14.0. The van der Waals surface area contributed by atoms with Crippen molar-refractivity contribution < 1.29 is 36.8 Å². The lowest BCUT2D eigenvalue weighted by atomic mass is 9.86. The smallest absolute Gasteiger partial charge is 0.294 e. The van der Waals surface area contributed by atoms with Gasteiger partial charge in [0.1, 0.15) is 22.5 Å². The van der Waals surface area contributed by atoms with E-state index in [1.807, 2.05) is 0 Å². The van der Waals surface area contributed by atoms with Crippen LogP contribution in [-0.2, 0) is 35.9 Å². The lowest BCUT2D eigenvalue weighted by Crippen LogP contribution is -2.52. The number of ether oxygens (including phenoxy) is 2. The topological polar surface area (TPSA) is 179 Å². The van der Waals surface area contributed by atoms with E-state index in [0.717, 1.165) is 30.5 Å². The van der Waals surface area contributed by atoms with Gasteiger partial charge in [0.2, 0.25) is 0 Å². The molecule has 0 spiro atoms. The van der Waals surface area contributed by atoms with Crippen molar-refractivity contribution in [2.24, 2.45) is 5.41 Å². The molecule has 0 bridgehead atoms. The highest BCUT2D eigenvalue weighted by molar-refractivity contribution is 7.85. The first kappa shape index (κ1) is 49.4. The molecule has 0 fully saturated rings. The number of fused-ring (bicyclic) bond motifs is 1. The maximum absolute atomic E-state index is 14.0. The van der Waals surface area contributed by atoms with Crippen LogP contribution < -0.4 is 20.1 Å². The highest BCUT2D eigenvalue weighted by atomic mass is 35.5. The fraction of sp³-hybridized carbons (Fsp3) is 0.533. The number of benzene rings is 3. The fourth-order valence-electron chi connectivity index (χ4n) is 7.00. The molecule has 0 aliphatic rings. The fourth-order valence-corrected chi connectivity index (χ4v) is 8.38. The van der Waals surface area contributed by atoms with Gasteiger partial charge in [-0.2, -0.15) is 18.6 Å². The van der Waals surface area contributed by atoms with Gasteiger partial charge in [-0.05, 0) is 67.3 Å². The molecule has 4 rings (SSSR count). The summed E-state index contributed by atoms with van der Waals surface area (Å²) < 4.78 is 45.8. The van der Waals surface area contributed by atoms with Gasteiger partial charge in [-0.15, -0.1) is 4.80 Å². The first-order valence-electron chi connectivity index (χ1n) is 21.3. The Morgan fingerprint density at radius 3 is 1.90 bits per heavy atom. The third kappa shape index (κ3) is 13.9. The number of aryl methyl sites for hydroxylation is 1. The Bertz CT molecular complexity index is 2230. The molecule has 0 radical (unpaired) electrons. The SMILES string of the molecule is CCCCCCCCCCCCCCCc1cc(OC(CC)C(=O)Nc2cccc(NC(=O)C(Cl)(C(=O)C(C)(C)C)n3nc4cc(Cl)c(OC)cc4n3)c2)ccc1S(=O)(=O)O. The van der Waals surface area contributed by atoms with E-state index in [2.05, 4.69) is 27.8 Å². The van der Waals surface area contributed by atoms with E-state index in [0.29, 0.717) is 28.9 Å². The summed E-state index contributed by atoms with van der Waals surface area (Å²) in [5.74, 6) is -1.51. The minimum atomic E-state index is -4.48. The molecule has 0 saturated heterocycles. The van der Waals surface area contributed by atoms with Crippen molar-refractivity contribution in [1.82, 2.24) is 15.0 Å². The molecule has 13 nitrogen and oxygen atoms in total. The monoisotopic (exact) mass is 901 g/mol. The average molecular weight is 903 g/mol.